The molecule has 3 nitrogen and oxygen atoms in total. The van der Waals surface area contributed by atoms with Crippen LogP contribution < -0.4 is 5.31 Å². The van der Waals surface area contributed by atoms with E-state index in [1.165, 1.54) is 0 Å². The Balaban J connectivity index is 2.48. The van der Waals surface area contributed by atoms with Crippen molar-refractivity contribution in [3.8, 4) is 0 Å². The molecule has 1 N–H and O–H groups in total. The smallest absolute Gasteiger partial charge is 0.137 e. The minimum atomic E-state index is -3.97. The van der Waals surface area contributed by atoms with Crippen molar-refractivity contribution in [3.63, 3.8) is 0 Å². The molecule has 0 bridgehead atoms. The van der Waals surface area contributed by atoms with Crippen LogP contribution in [0.25, 0.3) is 5.65 Å². The molecule has 4 heteroatoms. The van der Waals surface area contributed by atoms with Crippen molar-refractivity contribution in [2.24, 2.45) is 0 Å². The van der Waals surface area contributed by atoms with Gasteiger partial charge in [0.2, 0.25) is 0 Å². The summed E-state index contributed by atoms with van der Waals surface area (Å²) in [6.07, 6.45) is -16.6. The van der Waals surface area contributed by atoms with Gasteiger partial charge in [-0.1, -0.05) is 6.37 Å². The van der Waals surface area contributed by atoms with Crippen molar-refractivity contribution >= 4 is 21.6 Å². The molecule has 96 valence electrons. The molecule has 1 fully saturated rings. The van der Waals surface area contributed by atoms with Crippen molar-refractivity contribution in [1.82, 2.24) is 14.7 Å². The number of piperidine rings is 1. The monoisotopic (exact) mass is 325 g/mol. The fourth-order valence-corrected chi connectivity index (χ4v) is 1.59. The summed E-state index contributed by atoms with van der Waals surface area (Å²) >= 11 is 2.87. The van der Waals surface area contributed by atoms with Gasteiger partial charge in [0.25, 0.3) is 0 Å². The summed E-state index contributed by atoms with van der Waals surface area (Å²) in [6.45, 7) is -6.83. The van der Waals surface area contributed by atoms with Crippen LogP contribution in [0.5, 0.6) is 0 Å². The molecule has 3 rings (SSSR count). The zero-order chi connectivity index (χ0) is 28.4. The highest BCUT2D eigenvalue weighted by Crippen LogP contribution is 2.19. The number of nitrogens with one attached hydrogen (secondary N) is 1. The Bertz CT molecular complexity index is 1250. The molecule has 2 aromatic heterocycles. The van der Waals surface area contributed by atoms with Crippen LogP contribution in [0, 0.1) is 6.85 Å². The van der Waals surface area contributed by atoms with Crippen LogP contribution in [0.3, 0.4) is 0 Å². The van der Waals surface area contributed by atoms with Crippen molar-refractivity contribution in [1.29, 1.82) is 0 Å². The zero-order valence-electron chi connectivity index (χ0n) is 26.7. The molecule has 0 spiro atoms. The van der Waals surface area contributed by atoms with E-state index in [1.54, 1.807) is 0 Å². The third-order valence-electron chi connectivity index (χ3n) is 2.07. The first-order chi connectivity index (χ1) is 15.8. The summed E-state index contributed by atoms with van der Waals surface area (Å²) in [6, 6.07) is -5.42. The Morgan fingerprint density at radius 2 is 2.78 bits per heavy atom. The molecular formula is C14H18BrN3. The lowest BCUT2D eigenvalue weighted by molar-refractivity contribution is 0.397. The summed E-state index contributed by atoms with van der Waals surface area (Å²) in [7, 11) is 0. The van der Waals surface area contributed by atoms with E-state index in [2.05, 4.69) is 20.9 Å². The van der Waals surface area contributed by atoms with Gasteiger partial charge >= 0.3 is 0 Å². The second kappa shape index (κ2) is 5.02. The lowest BCUT2D eigenvalue weighted by Gasteiger charge is -2.22. The second-order valence-corrected chi connectivity index (χ2v) is 4.01. The summed E-state index contributed by atoms with van der Waals surface area (Å²) in [4.78, 5) is 3.70. The molecule has 1 aliphatic rings. The summed E-state index contributed by atoms with van der Waals surface area (Å²) in [5.74, 6) is 0. The molecule has 1 aliphatic heterocycles. The van der Waals surface area contributed by atoms with Gasteiger partial charge < -0.3 is 9.71 Å². The lowest BCUT2D eigenvalue weighted by atomic mass is 10.0. The van der Waals surface area contributed by atoms with Gasteiger partial charge in [-0.3, -0.25) is 0 Å². The molecular weight excluding hydrogens is 290 g/mol. The number of hydrogen-bond donors (Lipinski definition) is 1. The Morgan fingerprint density at radius 3 is 3.67 bits per heavy atom. The number of hydrogen-bond acceptors (Lipinski definition) is 2. The minimum absolute atomic E-state index is 0.449. The maximum atomic E-state index is 8.65. The number of imidazole rings is 1. The SMILES string of the molecule is [2H]c1c(Br)c(C([2H])([2H])[2H])n2c([2H])c(C([2H])([2H])[C@@]3([2H])N([2H])C([2H])([2H])C([2H])([2H])C([2H])([2H])C3([2H])[2H])nc2c1[2H]. The highest BCUT2D eigenvalue weighted by molar-refractivity contribution is 9.10. The molecule has 1 atom stereocenters. The topological polar surface area (TPSA) is 29.3 Å². The molecule has 1 saturated heterocycles. The average molecular weight is 326 g/mol. The van der Waals surface area contributed by atoms with Crippen molar-refractivity contribution < 1.29 is 24.7 Å². The number of fused-ring (bicyclic) bond motifs is 1. The van der Waals surface area contributed by atoms with E-state index < -0.39 is 89.9 Å². The van der Waals surface area contributed by atoms with Gasteiger partial charge in [-0.2, -0.15) is 0 Å². The van der Waals surface area contributed by atoms with Gasteiger partial charge in [-0.25, -0.2) is 4.98 Å². The Labute approximate surface area is 141 Å². The number of aromatic nitrogens is 2. The van der Waals surface area contributed by atoms with E-state index in [-0.39, 0.29) is 0 Å². The fourth-order valence-electron chi connectivity index (χ4n) is 1.31. The van der Waals surface area contributed by atoms with Crippen LogP contribution in [0.2, 0.25) is 1.41 Å². The summed E-state index contributed by atoms with van der Waals surface area (Å²) in [5, 5.41) is -0.692. The highest BCUT2D eigenvalue weighted by atomic mass is 79.9. The zero-order valence-corrected chi connectivity index (χ0v) is 10.3. The predicted molar refractivity (Wildman–Crippen MR) is 77.0 cm³/mol. The number of halogens is 1. The van der Waals surface area contributed by atoms with E-state index >= 15 is 0 Å². The van der Waals surface area contributed by atoms with Crippen molar-refractivity contribution in [2.75, 3.05) is 6.50 Å². The lowest BCUT2D eigenvalue weighted by Crippen LogP contribution is -2.35. The van der Waals surface area contributed by atoms with Gasteiger partial charge in [0.15, 0.2) is 0 Å². The standard InChI is InChI=1S/C14H18BrN3/c1-10-13(15)5-6-14-17-12(9-18(10)14)8-11-4-2-3-7-16-11/h5-6,9,11,16H,2-4,7-8H2,1H3/t11-/m0/s1/i1D3,2D2,3D2,4D2,5D,6D,7D2,8D2,9D,11D/hD. The van der Waals surface area contributed by atoms with Gasteiger partial charge in [-0.05, 0) is 54.1 Å². The van der Waals surface area contributed by atoms with Crippen LogP contribution in [-0.2, 0) is 6.37 Å². The molecule has 0 aromatic carbocycles. The largest absolute Gasteiger partial charge is 0.314 e. The van der Waals surface area contributed by atoms with Crippen LogP contribution in [0.1, 0.15) is 53.8 Å². The first-order valence-electron chi connectivity index (χ1n) is 13.7. The minimum Gasteiger partial charge on any atom is -0.314 e. The van der Waals surface area contributed by atoms with Crippen LogP contribution in [0.15, 0.2) is 22.7 Å². The van der Waals surface area contributed by atoms with Gasteiger partial charge in [-0.15, -0.1) is 0 Å². The number of rotatable bonds is 2. The van der Waals surface area contributed by atoms with Crippen molar-refractivity contribution in [2.45, 2.75) is 38.4 Å². The Hall–Kier alpha value is -0.870. The van der Waals surface area contributed by atoms with Gasteiger partial charge in [0.05, 0.1) is 9.81 Å². The highest BCUT2D eigenvalue weighted by Gasteiger charge is 2.15. The van der Waals surface area contributed by atoms with Crippen LogP contribution >= 0.6 is 15.9 Å². The first-order valence-corrected chi connectivity index (χ1v) is 5.55. The number of aryl methyl sites for hydroxylation is 1. The van der Waals surface area contributed by atoms with Crippen LogP contribution in [0.4, 0.5) is 0 Å². The number of nitrogens with zero attached hydrogens (tertiary/aromatic N) is 2. The van der Waals surface area contributed by atoms with Crippen LogP contribution in [-0.4, -0.2) is 21.9 Å². The predicted octanol–water partition coefficient (Wildman–Crippen LogP) is 3.09. The maximum absolute atomic E-state index is 8.65. The van der Waals surface area contributed by atoms with Gasteiger partial charge in [0, 0.05) is 47.9 Å². The molecule has 3 heterocycles. The van der Waals surface area contributed by atoms with E-state index in [1.807, 2.05) is 0 Å². The normalized spacial score (nSPS) is 52.9. The maximum Gasteiger partial charge on any atom is 0.137 e. The van der Waals surface area contributed by atoms with E-state index in [4.69, 9.17) is 24.7 Å². The van der Waals surface area contributed by atoms with E-state index in [0.29, 0.717) is 4.40 Å². The molecule has 0 unspecified atom stereocenters. The molecule has 0 saturated carbocycles. The molecule has 2 aromatic rings. The summed E-state index contributed by atoms with van der Waals surface area (Å²) in [5.41, 5.74) is -2.76. The molecule has 0 aliphatic carbocycles. The van der Waals surface area contributed by atoms with E-state index in [9.17, 15) is 0 Å². The Kier molecular flexibility index (Phi) is 0.901. The first kappa shape index (κ1) is 3.23. The number of pyridine rings is 1. The van der Waals surface area contributed by atoms with Crippen molar-refractivity contribution in [3.05, 3.63) is 34.1 Å². The summed E-state index contributed by atoms with van der Waals surface area (Å²) < 4.78 is 146. The molecule has 0 amide bonds. The quantitative estimate of drug-likeness (QED) is 0.919. The van der Waals surface area contributed by atoms with Gasteiger partial charge in [0.1, 0.15) is 7.06 Å². The average Bonchev–Trinajstić information content (AvgIpc) is 3.06. The molecule has 18 heavy (non-hydrogen) atoms. The van der Waals surface area contributed by atoms with E-state index in [0.717, 1.165) is 0 Å². The fraction of sp³-hybridized carbons (Fsp3) is 0.500. The Morgan fingerprint density at radius 1 is 1.83 bits per heavy atom. The molecule has 0 radical (unpaired) electrons. The second-order valence-electron chi connectivity index (χ2n) is 3.22. The third-order valence-corrected chi connectivity index (χ3v) is 2.64. The third kappa shape index (κ3) is 2.31.